The van der Waals surface area contributed by atoms with E-state index >= 15 is 0 Å². The Bertz CT molecular complexity index is 1400. The van der Waals surface area contributed by atoms with Crippen molar-refractivity contribution in [3.05, 3.63) is 24.2 Å². The highest BCUT2D eigenvalue weighted by molar-refractivity contribution is 5.94. The number of nitrogens with zero attached hydrogens (tertiary/aromatic N) is 8. The van der Waals surface area contributed by atoms with E-state index in [2.05, 4.69) is 46.0 Å². The van der Waals surface area contributed by atoms with E-state index in [1.165, 1.54) is 19.3 Å². The van der Waals surface area contributed by atoms with Crippen molar-refractivity contribution in [2.45, 2.75) is 32.2 Å². The average molecular weight is 489 g/mol. The molecular formula is C24H30N11O+. The summed E-state index contributed by atoms with van der Waals surface area (Å²) >= 11 is 0. The van der Waals surface area contributed by atoms with Gasteiger partial charge in [0.1, 0.15) is 6.21 Å². The van der Waals surface area contributed by atoms with Crippen molar-refractivity contribution >= 4 is 52.5 Å². The minimum atomic E-state index is -0.0646. The Hall–Kier alpha value is -3.93. The van der Waals surface area contributed by atoms with Crippen LogP contribution in [-0.4, -0.2) is 85.4 Å². The second kappa shape index (κ2) is 8.63. The van der Waals surface area contributed by atoms with Crippen LogP contribution in [0.4, 0.5) is 23.1 Å². The first-order valence-electron chi connectivity index (χ1n) is 12.2. The summed E-state index contributed by atoms with van der Waals surface area (Å²) in [6.07, 6.45) is 11.0. The highest BCUT2D eigenvalue weighted by atomic mass is 16.2. The van der Waals surface area contributed by atoms with Crippen molar-refractivity contribution in [3.63, 3.8) is 0 Å². The highest BCUT2D eigenvalue weighted by Gasteiger charge is 2.47. The van der Waals surface area contributed by atoms with Gasteiger partial charge in [0.05, 0.1) is 35.2 Å². The number of carbonyl (C=O) groups excluding carboxylic acids is 1. The van der Waals surface area contributed by atoms with Crippen molar-refractivity contribution in [2.24, 2.45) is 17.6 Å². The smallest absolute Gasteiger partial charge is 0.238 e. The maximum atomic E-state index is 12.7. The van der Waals surface area contributed by atoms with E-state index in [4.69, 9.17) is 0 Å². The summed E-state index contributed by atoms with van der Waals surface area (Å²) in [5, 5.41) is 19.1. The van der Waals surface area contributed by atoms with E-state index in [1.54, 1.807) is 28.0 Å². The fraction of sp³-hybridized carbons (Fsp3) is 0.458. The van der Waals surface area contributed by atoms with Crippen LogP contribution in [0.15, 0.2) is 23.6 Å². The van der Waals surface area contributed by atoms with Gasteiger partial charge in [0.2, 0.25) is 18.1 Å². The molecule has 6 rings (SSSR count). The monoisotopic (exact) mass is 488 g/mol. The lowest BCUT2D eigenvalue weighted by molar-refractivity contribution is -0.494. The van der Waals surface area contributed by atoms with Gasteiger partial charge in [-0.05, 0) is 49.3 Å². The Morgan fingerprint density at radius 2 is 2.11 bits per heavy atom. The van der Waals surface area contributed by atoms with Gasteiger partial charge in [-0.1, -0.05) is 4.68 Å². The van der Waals surface area contributed by atoms with Crippen molar-refractivity contribution in [1.82, 2.24) is 29.6 Å². The first-order chi connectivity index (χ1) is 17.4. The third-order valence-corrected chi connectivity index (χ3v) is 7.13. The molecule has 12 nitrogen and oxygen atoms in total. The number of hydrogen-bond acceptors (Lipinski definition) is 9. The minimum Gasteiger partial charge on any atom is -0.337 e. The number of hydrogen-bond donors (Lipinski definition) is 3. The number of aryl methyl sites for hydroxylation is 2. The molecular weight excluding hydrogens is 458 g/mol. The first-order valence-corrected chi connectivity index (χ1v) is 12.2. The Balaban J connectivity index is 1.16. The standard InChI is InChI=1S/C24H29N11O/c1-15-19(8-16(9-25-15)28-20(36)13-35-7-6-24(14-35)4-5-24)30-21-18-11-26-23(31-22(18)34(3)32-21)29-17-10-27-33(2)12-17/h8-12,17H,4-7,13-14H2,1-3H3,(H2-,26,28,29,30,31,32,36)/p+1. The number of aromatic nitrogens is 5. The molecule has 186 valence electrons. The summed E-state index contributed by atoms with van der Waals surface area (Å²) in [6, 6.07) is 1.82. The molecule has 2 aliphatic heterocycles. The Morgan fingerprint density at radius 1 is 1.25 bits per heavy atom. The summed E-state index contributed by atoms with van der Waals surface area (Å²) in [5.41, 5.74) is 3.40. The van der Waals surface area contributed by atoms with Crippen LogP contribution in [-0.2, 0) is 11.8 Å². The van der Waals surface area contributed by atoms with Crippen molar-refractivity contribution < 1.29 is 9.48 Å². The molecule has 1 amide bonds. The quantitative estimate of drug-likeness (QED) is 0.429. The van der Waals surface area contributed by atoms with Crippen LogP contribution in [0.3, 0.4) is 0 Å². The third-order valence-electron chi connectivity index (χ3n) is 7.13. The maximum Gasteiger partial charge on any atom is 0.238 e. The number of hydrazone groups is 1. The first kappa shape index (κ1) is 22.5. The van der Waals surface area contributed by atoms with Gasteiger partial charge in [0.15, 0.2) is 24.6 Å². The van der Waals surface area contributed by atoms with Crippen LogP contribution in [0, 0.1) is 12.3 Å². The maximum absolute atomic E-state index is 12.7. The molecule has 1 atom stereocenters. The fourth-order valence-electron chi connectivity index (χ4n) is 4.92. The van der Waals surface area contributed by atoms with Crippen molar-refractivity contribution in [1.29, 1.82) is 0 Å². The summed E-state index contributed by atoms with van der Waals surface area (Å²) in [5.74, 6) is 1.10. The lowest BCUT2D eigenvalue weighted by Crippen LogP contribution is -2.31. The molecule has 1 spiro atoms. The third kappa shape index (κ3) is 4.51. The molecule has 3 aliphatic rings. The summed E-state index contributed by atoms with van der Waals surface area (Å²) in [7, 11) is 3.71. The molecule has 1 unspecified atom stereocenters. The number of anilines is 4. The van der Waals surface area contributed by atoms with E-state index in [0.717, 1.165) is 29.9 Å². The van der Waals surface area contributed by atoms with Gasteiger partial charge in [-0.25, -0.2) is 9.67 Å². The molecule has 3 N–H and O–H groups in total. The molecule has 0 aromatic carbocycles. The predicted molar refractivity (Wildman–Crippen MR) is 138 cm³/mol. The van der Waals surface area contributed by atoms with Crippen LogP contribution in [0.25, 0.3) is 11.0 Å². The largest absolute Gasteiger partial charge is 0.337 e. The van der Waals surface area contributed by atoms with Crippen molar-refractivity contribution in [3.8, 4) is 0 Å². The Kier molecular flexibility index (Phi) is 5.40. The number of nitrogens with one attached hydrogen (secondary N) is 3. The van der Waals surface area contributed by atoms with Gasteiger partial charge < -0.3 is 16.0 Å². The van der Waals surface area contributed by atoms with Gasteiger partial charge in [-0.15, -0.1) is 0 Å². The number of rotatable bonds is 7. The molecule has 0 radical (unpaired) electrons. The van der Waals surface area contributed by atoms with E-state index in [0.29, 0.717) is 35.1 Å². The molecule has 0 bridgehead atoms. The normalized spacial score (nSPS) is 20.2. The number of pyridine rings is 1. The van der Waals surface area contributed by atoms with E-state index in [-0.39, 0.29) is 11.9 Å². The van der Waals surface area contributed by atoms with Gasteiger partial charge in [-0.3, -0.25) is 14.7 Å². The average Bonchev–Trinajstić information content (AvgIpc) is 3.12. The zero-order valence-electron chi connectivity index (χ0n) is 20.7. The molecule has 1 saturated heterocycles. The van der Waals surface area contributed by atoms with Crippen molar-refractivity contribution in [2.75, 3.05) is 42.6 Å². The molecule has 3 aromatic rings. The van der Waals surface area contributed by atoms with Crippen LogP contribution < -0.4 is 16.0 Å². The van der Waals surface area contributed by atoms with Crippen LogP contribution in [0.2, 0.25) is 0 Å². The number of likely N-dealkylation sites (tertiary alicyclic amines) is 1. The van der Waals surface area contributed by atoms with Gasteiger partial charge in [0, 0.05) is 19.8 Å². The number of amides is 1. The molecule has 36 heavy (non-hydrogen) atoms. The topological polar surface area (TPSA) is 128 Å². The second-order valence-corrected chi connectivity index (χ2v) is 10.1. The Morgan fingerprint density at radius 3 is 2.86 bits per heavy atom. The van der Waals surface area contributed by atoms with E-state index in [1.807, 2.05) is 33.3 Å². The summed E-state index contributed by atoms with van der Waals surface area (Å²) < 4.78 is 3.45. The fourth-order valence-corrected chi connectivity index (χ4v) is 4.92. The SMILES string of the molecule is Cc1ncc(NC(=O)CN2CCC3(CC3)C2)cc1Nc1nn(C)c2nc(NC3C=N[N+](C)=C3)ncc12. The minimum absolute atomic E-state index is 0.0169. The van der Waals surface area contributed by atoms with Gasteiger partial charge in [-0.2, -0.15) is 10.1 Å². The van der Waals surface area contributed by atoms with Gasteiger partial charge >= 0.3 is 0 Å². The Labute approximate surface area is 208 Å². The molecule has 2 fully saturated rings. The lowest BCUT2D eigenvalue weighted by atomic mass is 10.1. The molecule has 5 heterocycles. The molecule has 1 aliphatic carbocycles. The lowest BCUT2D eigenvalue weighted by Gasteiger charge is -2.16. The number of fused-ring (bicyclic) bond motifs is 1. The zero-order valence-corrected chi connectivity index (χ0v) is 20.7. The van der Waals surface area contributed by atoms with Gasteiger partial charge in [0.25, 0.3) is 0 Å². The highest BCUT2D eigenvalue weighted by Crippen LogP contribution is 2.52. The summed E-state index contributed by atoms with van der Waals surface area (Å²) in [4.78, 5) is 28.5. The summed E-state index contributed by atoms with van der Waals surface area (Å²) in [6.45, 7) is 4.36. The van der Waals surface area contributed by atoms with Crippen LogP contribution in [0.5, 0.6) is 0 Å². The zero-order chi connectivity index (χ0) is 24.9. The van der Waals surface area contributed by atoms with Crippen LogP contribution >= 0.6 is 0 Å². The molecule has 3 aromatic heterocycles. The molecule has 12 heteroatoms. The van der Waals surface area contributed by atoms with Crippen LogP contribution in [0.1, 0.15) is 25.0 Å². The number of carbonyl (C=O) groups is 1. The molecule has 1 saturated carbocycles. The predicted octanol–water partition coefficient (Wildman–Crippen LogP) is 1.73. The van der Waals surface area contributed by atoms with E-state index in [9.17, 15) is 4.79 Å². The second-order valence-electron chi connectivity index (χ2n) is 10.1. The van der Waals surface area contributed by atoms with E-state index < -0.39 is 0 Å².